The lowest BCUT2D eigenvalue weighted by Crippen LogP contribution is -2.01. The molecule has 1 heterocycles. The average molecular weight is 328 g/mol. The summed E-state index contributed by atoms with van der Waals surface area (Å²) >= 11 is 0. The van der Waals surface area contributed by atoms with Gasteiger partial charge in [-0.3, -0.25) is 0 Å². The summed E-state index contributed by atoms with van der Waals surface area (Å²) in [6.45, 7) is 12.5. The number of hydrogen-bond acceptors (Lipinski definition) is 2. The molecule has 0 aliphatic carbocycles. The molecule has 2 nitrogen and oxygen atoms in total. The Morgan fingerprint density at radius 3 is 1.35 bits per heavy atom. The third kappa shape index (κ3) is 2.33. The van der Waals surface area contributed by atoms with E-state index in [1.807, 2.05) is 24.3 Å². The van der Waals surface area contributed by atoms with Gasteiger partial charge in [-0.05, 0) is 72.2 Å². The normalized spacial score (nSPS) is 15.1. The second-order valence-corrected chi connectivity index (χ2v) is 9.11. The quantitative estimate of drug-likeness (QED) is 0.634. The minimum atomic E-state index is -3.41. The van der Waals surface area contributed by atoms with Gasteiger partial charge in [-0.15, -0.1) is 0 Å². The van der Waals surface area contributed by atoms with Gasteiger partial charge in [0.15, 0.2) is 0 Å². The van der Waals surface area contributed by atoms with Crippen LogP contribution in [0.15, 0.2) is 34.1 Å². The largest absolute Gasteiger partial charge is 0.218 e. The number of hydrogen-bond donors (Lipinski definition) is 0. The van der Waals surface area contributed by atoms with Gasteiger partial charge in [0.2, 0.25) is 9.84 Å². The molecule has 0 saturated carbocycles. The van der Waals surface area contributed by atoms with Crippen LogP contribution in [0.5, 0.6) is 0 Å². The van der Waals surface area contributed by atoms with Crippen LogP contribution in [0.25, 0.3) is 11.1 Å². The Morgan fingerprint density at radius 2 is 1.04 bits per heavy atom. The van der Waals surface area contributed by atoms with Crippen molar-refractivity contribution >= 4 is 9.84 Å². The molecule has 0 amide bonds. The minimum absolute atomic E-state index is 0.312. The van der Waals surface area contributed by atoms with Crippen LogP contribution in [0.1, 0.15) is 61.8 Å². The molecule has 0 saturated heterocycles. The van der Waals surface area contributed by atoms with E-state index in [2.05, 4.69) is 41.5 Å². The Hall–Kier alpha value is -1.61. The van der Waals surface area contributed by atoms with E-state index in [0.717, 1.165) is 33.4 Å². The van der Waals surface area contributed by atoms with Crippen molar-refractivity contribution in [1.82, 2.24) is 0 Å². The lowest BCUT2D eigenvalue weighted by molar-refractivity contribution is 0.598. The molecule has 0 atom stereocenters. The van der Waals surface area contributed by atoms with Gasteiger partial charge in [0, 0.05) is 11.1 Å². The number of sulfone groups is 1. The predicted octanol–water partition coefficient (Wildman–Crippen LogP) is 5.36. The monoisotopic (exact) mass is 328 g/mol. The zero-order valence-corrected chi connectivity index (χ0v) is 15.5. The molecular formula is C20H24O2S. The van der Waals surface area contributed by atoms with Crippen LogP contribution in [0, 0.1) is 13.8 Å². The highest BCUT2D eigenvalue weighted by atomic mass is 32.2. The first-order valence-electron chi connectivity index (χ1n) is 8.19. The van der Waals surface area contributed by atoms with E-state index in [9.17, 15) is 8.42 Å². The molecule has 0 aromatic heterocycles. The van der Waals surface area contributed by atoms with Crippen molar-refractivity contribution in [1.29, 1.82) is 0 Å². The number of rotatable bonds is 2. The Morgan fingerprint density at radius 1 is 0.696 bits per heavy atom. The van der Waals surface area contributed by atoms with E-state index in [-0.39, 0.29) is 0 Å². The summed E-state index contributed by atoms with van der Waals surface area (Å²) in [5, 5.41) is 0. The number of aryl methyl sites for hydroxylation is 2. The third-order valence-electron chi connectivity index (χ3n) is 4.85. The van der Waals surface area contributed by atoms with E-state index >= 15 is 0 Å². The number of benzene rings is 2. The summed E-state index contributed by atoms with van der Waals surface area (Å²) in [5.74, 6) is 0.624. The molecule has 2 aromatic rings. The molecule has 0 spiro atoms. The summed E-state index contributed by atoms with van der Waals surface area (Å²) in [7, 11) is -3.41. The van der Waals surface area contributed by atoms with Gasteiger partial charge in [0.1, 0.15) is 0 Å². The molecule has 0 bridgehead atoms. The van der Waals surface area contributed by atoms with Crippen molar-refractivity contribution in [2.45, 2.75) is 63.2 Å². The predicted molar refractivity (Wildman–Crippen MR) is 95.0 cm³/mol. The van der Waals surface area contributed by atoms with Crippen molar-refractivity contribution in [3.05, 3.63) is 46.5 Å². The fourth-order valence-electron chi connectivity index (χ4n) is 3.64. The maximum absolute atomic E-state index is 13.0. The third-order valence-corrected chi connectivity index (χ3v) is 6.68. The van der Waals surface area contributed by atoms with Crippen molar-refractivity contribution in [2.24, 2.45) is 0 Å². The molecule has 1 aliphatic rings. The summed E-state index contributed by atoms with van der Waals surface area (Å²) in [6, 6.07) is 7.86. The summed E-state index contributed by atoms with van der Waals surface area (Å²) < 4.78 is 26.1. The fourth-order valence-corrected chi connectivity index (χ4v) is 5.35. The van der Waals surface area contributed by atoms with Gasteiger partial charge >= 0.3 is 0 Å². The zero-order chi connectivity index (χ0) is 17.1. The Balaban J connectivity index is 2.36. The van der Waals surface area contributed by atoms with Gasteiger partial charge in [0.25, 0.3) is 0 Å². The van der Waals surface area contributed by atoms with Crippen LogP contribution >= 0.6 is 0 Å². The van der Waals surface area contributed by atoms with E-state index in [1.54, 1.807) is 0 Å². The smallest absolute Gasteiger partial charge is 0.207 e. The second kappa shape index (κ2) is 5.20. The lowest BCUT2D eigenvalue weighted by atomic mass is 9.91. The van der Waals surface area contributed by atoms with Crippen LogP contribution in [0.4, 0.5) is 0 Å². The molecule has 0 fully saturated rings. The zero-order valence-electron chi connectivity index (χ0n) is 14.7. The molecule has 122 valence electrons. The Bertz CT molecular complexity index is 834. The first kappa shape index (κ1) is 16.3. The SMILES string of the molecule is Cc1cc2c(cc1C(C)C)S(=O)(=O)c1cc(C(C)C)c(C)cc1-2. The van der Waals surface area contributed by atoms with Crippen molar-refractivity contribution in [2.75, 3.05) is 0 Å². The first-order chi connectivity index (χ1) is 10.6. The van der Waals surface area contributed by atoms with E-state index in [0.29, 0.717) is 21.6 Å². The lowest BCUT2D eigenvalue weighted by Gasteiger charge is -2.13. The molecule has 0 unspecified atom stereocenters. The van der Waals surface area contributed by atoms with E-state index in [1.165, 1.54) is 0 Å². The fraction of sp³-hybridized carbons (Fsp3) is 0.400. The van der Waals surface area contributed by atoms with Crippen LogP contribution in [-0.2, 0) is 9.84 Å². The van der Waals surface area contributed by atoms with Crippen molar-refractivity contribution < 1.29 is 8.42 Å². The highest BCUT2D eigenvalue weighted by Crippen LogP contribution is 2.46. The summed E-state index contributed by atoms with van der Waals surface area (Å²) in [4.78, 5) is 0.948. The average Bonchev–Trinajstić information content (AvgIpc) is 2.64. The number of fused-ring (bicyclic) bond motifs is 3. The molecule has 1 aliphatic heterocycles. The van der Waals surface area contributed by atoms with Gasteiger partial charge in [-0.2, -0.15) is 0 Å². The second-order valence-electron chi connectivity index (χ2n) is 7.22. The molecule has 0 N–H and O–H groups in total. The topological polar surface area (TPSA) is 34.1 Å². The molecule has 0 radical (unpaired) electrons. The van der Waals surface area contributed by atoms with Gasteiger partial charge in [-0.1, -0.05) is 27.7 Å². The Kier molecular flexibility index (Phi) is 3.68. The van der Waals surface area contributed by atoms with Gasteiger partial charge in [-0.25, -0.2) is 8.42 Å². The maximum Gasteiger partial charge on any atom is 0.207 e. The summed E-state index contributed by atoms with van der Waals surface area (Å²) in [5.41, 5.74) is 6.27. The maximum atomic E-state index is 13.0. The molecule has 3 heteroatoms. The van der Waals surface area contributed by atoms with Gasteiger partial charge < -0.3 is 0 Å². The van der Waals surface area contributed by atoms with Crippen molar-refractivity contribution in [3.63, 3.8) is 0 Å². The highest BCUT2D eigenvalue weighted by Gasteiger charge is 2.34. The minimum Gasteiger partial charge on any atom is -0.218 e. The van der Waals surface area contributed by atoms with Crippen LogP contribution in [0.3, 0.4) is 0 Å². The summed E-state index contributed by atoms with van der Waals surface area (Å²) in [6.07, 6.45) is 0. The standard InChI is InChI=1S/C20H24O2S/c1-11(2)15-9-19-17(7-13(15)5)18-8-14(6)16(12(3)4)10-20(18)23(19,21)22/h7-12H,1-6H3. The van der Waals surface area contributed by atoms with Crippen molar-refractivity contribution in [3.8, 4) is 11.1 Å². The Labute approximate surface area is 139 Å². The highest BCUT2D eigenvalue weighted by molar-refractivity contribution is 7.92. The molecule has 23 heavy (non-hydrogen) atoms. The molecule has 3 rings (SSSR count). The van der Waals surface area contributed by atoms with Crippen LogP contribution in [-0.4, -0.2) is 8.42 Å². The molecule has 2 aromatic carbocycles. The van der Waals surface area contributed by atoms with Crippen LogP contribution < -0.4 is 0 Å². The van der Waals surface area contributed by atoms with E-state index < -0.39 is 9.84 Å². The molecular weight excluding hydrogens is 304 g/mol. The van der Waals surface area contributed by atoms with Crippen LogP contribution in [0.2, 0.25) is 0 Å². The van der Waals surface area contributed by atoms with Gasteiger partial charge in [0.05, 0.1) is 9.79 Å². The van der Waals surface area contributed by atoms with E-state index in [4.69, 9.17) is 0 Å². The first-order valence-corrected chi connectivity index (χ1v) is 9.67.